The number of methoxy groups -OCH3 is 1. The normalized spacial score (nSPS) is 8.12. The molecule has 1 aromatic rings. The lowest BCUT2D eigenvalue weighted by Gasteiger charge is -1.97. The molecule has 0 radical (unpaired) electrons. The molecule has 0 atom stereocenters. The van der Waals surface area contributed by atoms with E-state index >= 15 is 0 Å². The second-order valence-corrected chi connectivity index (χ2v) is 2.74. The summed E-state index contributed by atoms with van der Waals surface area (Å²) < 4.78 is 4.54. The van der Waals surface area contributed by atoms with E-state index in [0.717, 1.165) is 6.61 Å². The van der Waals surface area contributed by atoms with E-state index in [1.165, 1.54) is 24.3 Å². The van der Waals surface area contributed by atoms with Crippen LogP contribution in [0.3, 0.4) is 0 Å². The highest BCUT2D eigenvalue weighted by Gasteiger charge is 2.08. The van der Waals surface area contributed by atoms with Crippen LogP contribution in [-0.4, -0.2) is 37.2 Å². The maximum absolute atomic E-state index is 10.2. The second kappa shape index (κ2) is 12.9. The predicted octanol–water partition coefficient (Wildman–Crippen LogP) is 0.858. The molecule has 2 N–H and O–H groups in total. The van der Waals surface area contributed by atoms with Crippen LogP contribution < -0.4 is 5.46 Å². The van der Waals surface area contributed by atoms with Crippen LogP contribution >= 0.6 is 0 Å². The number of carbonyl (C=O) groups is 1. The van der Waals surface area contributed by atoms with Crippen molar-refractivity contribution in [3.8, 4) is 0 Å². The molecule has 0 saturated heterocycles. The molecule has 0 aromatic heterocycles. The summed E-state index contributed by atoms with van der Waals surface area (Å²) in [6.07, 6.45) is 0.702. The van der Waals surface area contributed by atoms with Gasteiger partial charge in [0.05, 0.1) is 0 Å². The van der Waals surface area contributed by atoms with Gasteiger partial charge in [-0.2, -0.15) is 0 Å². The third-order valence-corrected chi connectivity index (χ3v) is 1.66. The minimum atomic E-state index is -1.46. The van der Waals surface area contributed by atoms with E-state index in [-0.39, 0.29) is 0 Å². The van der Waals surface area contributed by atoms with Gasteiger partial charge in [0, 0.05) is 19.3 Å². The van der Waals surface area contributed by atoms with Gasteiger partial charge < -0.3 is 14.8 Å². The molecule has 96 valence electrons. The summed E-state index contributed by atoms with van der Waals surface area (Å²) in [4.78, 5) is 10.2. The van der Waals surface area contributed by atoms with Gasteiger partial charge >= 0.3 is 7.12 Å². The van der Waals surface area contributed by atoms with Crippen LogP contribution in [-0.2, 0) is 4.74 Å². The molecular weight excluding hydrogens is 219 g/mol. The lowest BCUT2D eigenvalue weighted by Crippen LogP contribution is -2.29. The zero-order valence-electron chi connectivity index (χ0n) is 10.9. The molecule has 17 heavy (non-hydrogen) atoms. The average Bonchev–Trinajstić information content (AvgIpc) is 2.41. The van der Waals surface area contributed by atoms with Gasteiger partial charge in [0.2, 0.25) is 0 Å². The topological polar surface area (TPSA) is 66.8 Å². The first-order valence-corrected chi connectivity index (χ1v) is 5.55. The number of rotatable bonds is 3. The molecule has 1 aromatic carbocycles. The molecule has 0 spiro atoms. The van der Waals surface area contributed by atoms with Crippen LogP contribution in [0, 0.1) is 0 Å². The minimum absolute atomic E-state index is 0.385. The Morgan fingerprint density at radius 1 is 1.24 bits per heavy atom. The van der Waals surface area contributed by atoms with E-state index < -0.39 is 7.12 Å². The number of aldehydes is 1. The van der Waals surface area contributed by atoms with Gasteiger partial charge in [0.25, 0.3) is 0 Å². The second-order valence-electron chi connectivity index (χ2n) is 2.74. The molecule has 4 nitrogen and oxygen atoms in total. The van der Waals surface area contributed by atoms with Crippen LogP contribution in [0.5, 0.6) is 0 Å². The molecule has 0 aliphatic heterocycles. The summed E-state index contributed by atoms with van der Waals surface area (Å²) in [6, 6.07) is 6.05. The summed E-state index contributed by atoms with van der Waals surface area (Å²) >= 11 is 0. The molecular formula is C12H21BO4. The predicted molar refractivity (Wildman–Crippen MR) is 70.6 cm³/mol. The van der Waals surface area contributed by atoms with Crippen molar-refractivity contribution >= 4 is 18.9 Å². The molecule has 0 aliphatic rings. The van der Waals surface area contributed by atoms with E-state index in [0.29, 0.717) is 17.3 Å². The Labute approximate surface area is 103 Å². The Morgan fingerprint density at radius 2 is 1.65 bits per heavy atom. The van der Waals surface area contributed by atoms with Crippen LogP contribution in [0.1, 0.15) is 31.1 Å². The van der Waals surface area contributed by atoms with Crippen molar-refractivity contribution in [1.82, 2.24) is 0 Å². The Balaban J connectivity index is 0. The van der Waals surface area contributed by atoms with Gasteiger partial charge in [-0.15, -0.1) is 0 Å². The average molecular weight is 240 g/mol. The van der Waals surface area contributed by atoms with Crippen molar-refractivity contribution in [3.05, 3.63) is 29.8 Å². The summed E-state index contributed by atoms with van der Waals surface area (Å²) in [5, 5.41) is 17.3. The summed E-state index contributed by atoms with van der Waals surface area (Å²) in [5.41, 5.74) is 0.907. The van der Waals surface area contributed by atoms with Gasteiger partial charge in [-0.05, 0) is 12.4 Å². The van der Waals surface area contributed by atoms with Gasteiger partial charge in [-0.3, -0.25) is 4.79 Å². The van der Waals surface area contributed by atoms with Crippen molar-refractivity contribution in [2.24, 2.45) is 0 Å². The molecule has 0 bridgehead atoms. The molecule has 0 amide bonds. The smallest absolute Gasteiger partial charge is 0.423 e. The molecule has 0 heterocycles. The first-order valence-electron chi connectivity index (χ1n) is 5.55. The molecule has 0 unspecified atom stereocenters. The highest BCUT2D eigenvalue weighted by atomic mass is 16.5. The first-order chi connectivity index (χ1) is 8.15. The molecule has 0 saturated carbocycles. The van der Waals surface area contributed by atoms with Crippen molar-refractivity contribution in [2.75, 3.05) is 13.7 Å². The fourth-order valence-corrected chi connectivity index (χ4v) is 0.747. The largest absolute Gasteiger partial charge is 0.488 e. The Kier molecular flexibility index (Phi) is 13.8. The quantitative estimate of drug-likeness (QED) is 0.607. The first kappa shape index (κ1) is 18.2. The molecule has 0 aliphatic carbocycles. The number of benzene rings is 1. The van der Waals surface area contributed by atoms with Crippen molar-refractivity contribution in [2.45, 2.75) is 20.8 Å². The summed E-state index contributed by atoms with van der Waals surface area (Å²) in [6.45, 7) is 6.78. The Morgan fingerprint density at radius 3 is 1.88 bits per heavy atom. The number of hydrogen-bond donors (Lipinski definition) is 2. The van der Waals surface area contributed by atoms with Gasteiger partial charge in [0.15, 0.2) is 0 Å². The molecule has 5 heteroatoms. The van der Waals surface area contributed by atoms with Gasteiger partial charge in [0.1, 0.15) is 6.29 Å². The molecule has 0 fully saturated rings. The summed E-state index contributed by atoms with van der Waals surface area (Å²) in [7, 11) is 0.218. The fourth-order valence-electron chi connectivity index (χ4n) is 0.747. The van der Waals surface area contributed by atoms with Crippen LogP contribution in [0.25, 0.3) is 0 Å². The summed E-state index contributed by atoms with van der Waals surface area (Å²) in [5.74, 6) is 0. The third kappa shape index (κ3) is 9.75. The van der Waals surface area contributed by atoms with Crippen molar-refractivity contribution in [3.63, 3.8) is 0 Å². The van der Waals surface area contributed by atoms with E-state index in [1.54, 1.807) is 7.11 Å². The third-order valence-electron chi connectivity index (χ3n) is 1.66. The van der Waals surface area contributed by atoms with Crippen molar-refractivity contribution < 1.29 is 19.6 Å². The highest BCUT2D eigenvalue weighted by Crippen LogP contribution is 1.91. The van der Waals surface area contributed by atoms with Crippen molar-refractivity contribution in [1.29, 1.82) is 0 Å². The number of ether oxygens (including phenoxy) is 1. The lowest BCUT2D eigenvalue weighted by atomic mass is 9.80. The molecule has 1 rings (SSSR count). The minimum Gasteiger partial charge on any atom is -0.423 e. The van der Waals surface area contributed by atoms with Crippen LogP contribution in [0.2, 0.25) is 0 Å². The zero-order chi connectivity index (χ0) is 13.7. The van der Waals surface area contributed by atoms with E-state index in [2.05, 4.69) is 4.74 Å². The lowest BCUT2D eigenvalue weighted by molar-refractivity contribution is 0.112. The maximum atomic E-state index is 10.2. The van der Waals surface area contributed by atoms with E-state index in [9.17, 15) is 4.79 Å². The van der Waals surface area contributed by atoms with Crippen LogP contribution in [0.15, 0.2) is 24.3 Å². The van der Waals surface area contributed by atoms with E-state index in [4.69, 9.17) is 10.0 Å². The van der Waals surface area contributed by atoms with Gasteiger partial charge in [-0.1, -0.05) is 38.1 Å². The van der Waals surface area contributed by atoms with Gasteiger partial charge in [-0.25, -0.2) is 0 Å². The number of hydrogen-bond acceptors (Lipinski definition) is 4. The Hall–Kier alpha value is -1.17. The number of carbonyl (C=O) groups excluding carboxylic acids is 1. The SMILES string of the molecule is CC.CCOC.O=Cc1ccc(B(O)O)cc1. The highest BCUT2D eigenvalue weighted by molar-refractivity contribution is 6.58. The Bertz CT molecular complexity index is 270. The maximum Gasteiger partial charge on any atom is 0.488 e. The monoisotopic (exact) mass is 240 g/mol. The standard InChI is InChI=1S/C7H7BO3.C3H8O.C2H6/c9-5-6-1-3-7(4-2-6)8(10)11;1-3-4-2;1-2/h1-5,10-11H;3H2,1-2H3;1-2H3. The fraction of sp³-hybridized carbons (Fsp3) is 0.417. The van der Waals surface area contributed by atoms with E-state index in [1.807, 2.05) is 20.8 Å². The zero-order valence-corrected chi connectivity index (χ0v) is 10.9. The van der Waals surface area contributed by atoms with Crippen LogP contribution in [0.4, 0.5) is 0 Å².